The van der Waals surface area contributed by atoms with E-state index in [0.717, 1.165) is 6.07 Å². The molecule has 84 valence electrons. The SMILES string of the molecule is COc1c(F)c(F)cc2c(Cl)c(C)cnc12. The predicted molar refractivity (Wildman–Crippen MR) is 58.0 cm³/mol. The molecule has 1 aromatic heterocycles. The van der Waals surface area contributed by atoms with Crippen LogP contribution >= 0.6 is 11.6 Å². The van der Waals surface area contributed by atoms with Gasteiger partial charge in [0.2, 0.25) is 5.82 Å². The minimum absolute atomic E-state index is 0.219. The molecule has 2 nitrogen and oxygen atoms in total. The summed E-state index contributed by atoms with van der Waals surface area (Å²) < 4.78 is 31.4. The topological polar surface area (TPSA) is 22.1 Å². The van der Waals surface area contributed by atoms with Crippen LogP contribution in [0.3, 0.4) is 0 Å². The molecule has 0 aliphatic carbocycles. The van der Waals surface area contributed by atoms with Gasteiger partial charge in [-0.25, -0.2) is 4.39 Å². The van der Waals surface area contributed by atoms with Crippen LogP contribution in [0.5, 0.6) is 5.75 Å². The summed E-state index contributed by atoms with van der Waals surface area (Å²) in [7, 11) is 1.26. The number of aromatic nitrogens is 1. The molecule has 0 amide bonds. The van der Waals surface area contributed by atoms with Crippen molar-refractivity contribution in [1.29, 1.82) is 0 Å². The number of hydrogen-bond donors (Lipinski definition) is 0. The lowest BCUT2D eigenvalue weighted by atomic mass is 10.1. The highest BCUT2D eigenvalue weighted by molar-refractivity contribution is 6.36. The van der Waals surface area contributed by atoms with Gasteiger partial charge in [0.05, 0.1) is 12.1 Å². The zero-order valence-electron chi connectivity index (χ0n) is 8.64. The Morgan fingerprint density at radius 1 is 1.38 bits per heavy atom. The Labute approximate surface area is 95.8 Å². The fourth-order valence-electron chi connectivity index (χ4n) is 1.51. The summed E-state index contributed by atoms with van der Waals surface area (Å²) in [5, 5.41) is 0.694. The molecule has 0 radical (unpaired) electrons. The second kappa shape index (κ2) is 3.87. The molecular formula is C11H8ClF2NO. The second-order valence-electron chi connectivity index (χ2n) is 3.36. The molecule has 0 atom stereocenters. The Bertz CT molecular complexity index is 572. The van der Waals surface area contributed by atoms with Crippen molar-refractivity contribution >= 4 is 22.5 Å². The van der Waals surface area contributed by atoms with Crippen LogP contribution in [0.4, 0.5) is 8.78 Å². The van der Waals surface area contributed by atoms with Gasteiger partial charge in [0.1, 0.15) is 5.52 Å². The Kier molecular flexibility index (Phi) is 2.68. The first-order valence-electron chi connectivity index (χ1n) is 4.53. The quantitative estimate of drug-likeness (QED) is 0.765. The van der Waals surface area contributed by atoms with E-state index in [1.807, 2.05) is 0 Å². The van der Waals surface area contributed by atoms with Gasteiger partial charge in [-0.15, -0.1) is 0 Å². The molecule has 5 heteroatoms. The van der Waals surface area contributed by atoms with E-state index >= 15 is 0 Å². The molecule has 0 saturated heterocycles. The van der Waals surface area contributed by atoms with Crippen LogP contribution in [0.25, 0.3) is 10.9 Å². The Balaban J connectivity index is 2.96. The third-order valence-electron chi connectivity index (χ3n) is 2.32. The maximum atomic E-state index is 13.4. The van der Waals surface area contributed by atoms with Gasteiger partial charge in [-0.3, -0.25) is 4.98 Å². The summed E-state index contributed by atoms with van der Waals surface area (Å²) >= 11 is 5.99. The van der Waals surface area contributed by atoms with Crippen LogP contribution in [0, 0.1) is 18.6 Å². The van der Waals surface area contributed by atoms with Crippen LogP contribution < -0.4 is 4.74 Å². The second-order valence-corrected chi connectivity index (χ2v) is 3.73. The molecule has 0 aliphatic rings. The number of aryl methyl sites for hydroxylation is 1. The third kappa shape index (κ3) is 1.50. The molecule has 1 heterocycles. The van der Waals surface area contributed by atoms with Gasteiger partial charge >= 0.3 is 0 Å². The normalized spacial score (nSPS) is 10.8. The summed E-state index contributed by atoms with van der Waals surface area (Å²) in [6.45, 7) is 1.74. The molecule has 0 N–H and O–H groups in total. The standard InChI is InChI=1S/C11H8ClF2NO/c1-5-4-15-10-6(8(5)12)3-7(13)9(14)11(10)16-2/h3-4H,1-2H3. The minimum atomic E-state index is -1.05. The van der Waals surface area contributed by atoms with Gasteiger partial charge in [0.25, 0.3) is 0 Å². The lowest BCUT2D eigenvalue weighted by Crippen LogP contribution is -1.96. The molecule has 0 saturated carbocycles. The van der Waals surface area contributed by atoms with Crippen LogP contribution in [0.1, 0.15) is 5.56 Å². The van der Waals surface area contributed by atoms with E-state index in [0.29, 0.717) is 16.0 Å². The number of methoxy groups -OCH3 is 1. The van der Waals surface area contributed by atoms with Gasteiger partial charge in [0, 0.05) is 11.6 Å². The maximum absolute atomic E-state index is 13.4. The molecule has 2 rings (SSSR count). The van der Waals surface area contributed by atoms with E-state index in [-0.39, 0.29) is 11.3 Å². The lowest BCUT2D eigenvalue weighted by Gasteiger charge is -2.09. The largest absolute Gasteiger partial charge is 0.491 e. The van der Waals surface area contributed by atoms with E-state index in [2.05, 4.69) is 4.98 Å². The van der Waals surface area contributed by atoms with Crippen LogP contribution in [-0.2, 0) is 0 Å². The van der Waals surface area contributed by atoms with Gasteiger partial charge in [-0.2, -0.15) is 4.39 Å². The summed E-state index contributed by atoms with van der Waals surface area (Å²) in [4.78, 5) is 4.00. The molecular weight excluding hydrogens is 236 g/mol. The van der Waals surface area contributed by atoms with E-state index < -0.39 is 11.6 Å². The third-order valence-corrected chi connectivity index (χ3v) is 2.83. The Morgan fingerprint density at radius 3 is 2.69 bits per heavy atom. The highest BCUT2D eigenvalue weighted by Gasteiger charge is 2.17. The van der Waals surface area contributed by atoms with Gasteiger partial charge in [-0.1, -0.05) is 11.6 Å². The zero-order chi connectivity index (χ0) is 11.9. The first-order chi connectivity index (χ1) is 7.56. The number of fused-ring (bicyclic) bond motifs is 1. The number of benzene rings is 1. The summed E-state index contributed by atoms with van der Waals surface area (Å²) in [6.07, 6.45) is 1.49. The summed E-state index contributed by atoms with van der Waals surface area (Å²) in [5.74, 6) is -2.28. The molecule has 2 aromatic rings. The predicted octanol–water partition coefficient (Wildman–Crippen LogP) is 3.48. The van der Waals surface area contributed by atoms with Crippen LogP contribution in [0.2, 0.25) is 5.02 Å². The van der Waals surface area contributed by atoms with Gasteiger partial charge < -0.3 is 4.74 Å². The van der Waals surface area contributed by atoms with E-state index in [9.17, 15) is 8.78 Å². The highest BCUT2D eigenvalue weighted by atomic mass is 35.5. The molecule has 0 bridgehead atoms. The number of rotatable bonds is 1. The number of pyridine rings is 1. The summed E-state index contributed by atoms with van der Waals surface area (Å²) in [5.41, 5.74) is 0.916. The molecule has 0 aliphatic heterocycles. The number of halogens is 3. The molecule has 0 unspecified atom stereocenters. The van der Waals surface area contributed by atoms with E-state index in [4.69, 9.17) is 16.3 Å². The van der Waals surface area contributed by atoms with Crippen LogP contribution in [0.15, 0.2) is 12.3 Å². The number of hydrogen-bond acceptors (Lipinski definition) is 2. The number of nitrogens with zero attached hydrogens (tertiary/aromatic N) is 1. The monoisotopic (exact) mass is 243 g/mol. The summed E-state index contributed by atoms with van der Waals surface area (Å²) in [6, 6.07) is 1.02. The fraction of sp³-hybridized carbons (Fsp3) is 0.182. The van der Waals surface area contributed by atoms with Crippen molar-refractivity contribution in [3.63, 3.8) is 0 Å². The fourth-order valence-corrected chi connectivity index (χ4v) is 1.70. The van der Waals surface area contributed by atoms with Crippen LogP contribution in [-0.4, -0.2) is 12.1 Å². The van der Waals surface area contributed by atoms with Crippen molar-refractivity contribution in [2.75, 3.05) is 7.11 Å². The van der Waals surface area contributed by atoms with Crippen molar-refractivity contribution in [3.05, 3.63) is 34.5 Å². The lowest BCUT2D eigenvalue weighted by molar-refractivity contribution is 0.376. The number of ether oxygens (including phenoxy) is 1. The van der Waals surface area contributed by atoms with Crippen molar-refractivity contribution in [2.24, 2.45) is 0 Å². The van der Waals surface area contributed by atoms with Gasteiger partial charge in [-0.05, 0) is 18.6 Å². The van der Waals surface area contributed by atoms with Crippen molar-refractivity contribution in [1.82, 2.24) is 4.98 Å². The smallest absolute Gasteiger partial charge is 0.202 e. The minimum Gasteiger partial charge on any atom is -0.491 e. The van der Waals surface area contributed by atoms with Crippen molar-refractivity contribution in [2.45, 2.75) is 6.92 Å². The van der Waals surface area contributed by atoms with Crippen molar-refractivity contribution < 1.29 is 13.5 Å². The van der Waals surface area contributed by atoms with E-state index in [1.54, 1.807) is 6.92 Å². The highest BCUT2D eigenvalue weighted by Crippen LogP contribution is 2.34. The molecule has 0 spiro atoms. The average molecular weight is 244 g/mol. The zero-order valence-corrected chi connectivity index (χ0v) is 9.40. The van der Waals surface area contributed by atoms with Crippen molar-refractivity contribution in [3.8, 4) is 5.75 Å². The Morgan fingerprint density at radius 2 is 2.06 bits per heavy atom. The first kappa shape index (κ1) is 11.1. The average Bonchev–Trinajstić information content (AvgIpc) is 2.27. The first-order valence-corrected chi connectivity index (χ1v) is 4.91. The maximum Gasteiger partial charge on any atom is 0.202 e. The van der Waals surface area contributed by atoms with Gasteiger partial charge in [0.15, 0.2) is 11.6 Å². The molecule has 1 aromatic carbocycles. The van der Waals surface area contributed by atoms with E-state index in [1.165, 1.54) is 13.3 Å². The molecule has 0 fully saturated rings. The Hall–Kier alpha value is -1.42. The molecule has 16 heavy (non-hydrogen) atoms.